The fourth-order valence-electron chi connectivity index (χ4n) is 5.54. The van der Waals surface area contributed by atoms with E-state index in [9.17, 15) is 22.8 Å². The summed E-state index contributed by atoms with van der Waals surface area (Å²) in [6.07, 6.45) is 2.71. The minimum absolute atomic E-state index is 0.151. The van der Waals surface area contributed by atoms with Crippen molar-refractivity contribution in [2.75, 3.05) is 11.4 Å². The summed E-state index contributed by atoms with van der Waals surface area (Å²) >= 11 is 5.83. The van der Waals surface area contributed by atoms with Crippen LogP contribution in [-0.4, -0.2) is 34.5 Å². The lowest BCUT2D eigenvalue weighted by Crippen LogP contribution is -2.28. The van der Waals surface area contributed by atoms with E-state index in [0.717, 1.165) is 60.7 Å². The number of halogens is 4. The first kappa shape index (κ1) is 30.2. The number of hydrogen-bond donors (Lipinski definition) is 2. The van der Waals surface area contributed by atoms with Crippen molar-refractivity contribution >= 4 is 35.3 Å². The highest BCUT2D eigenvalue weighted by Crippen LogP contribution is 2.43. The summed E-state index contributed by atoms with van der Waals surface area (Å²) in [7, 11) is 0. The number of nitrogens with zero attached hydrogens (tertiary/aromatic N) is 4. The molecule has 2 aromatic carbocycles. The van der Waals surface area contributed by atoms with Crippen LogP contribution in [0.4, 0.5) is 18.9 Å². The van der Waals surface area contributed by atoms with Gasteiger partial charge in [-0.15, -0.1) is 0 Å². The molecule has 5 rings (SSSR count). The molecule has 3 aromatic rings. The minimum atomic E-state index is -3.01. The molecule has 12 heteroatoms. The quantitative estimate of drug-likeness (QED) is 0.294. The molecule has 8 nitrogen and oxygen atoms in total. The molecule has 2 heterocycles. The van der Waals surface area contributed by atoms with Crippen LogP contribution in [0, 0.1) is 31.5 Å². The second-order valence-corrected chi connectivity index (χ2v) is 11.2. The van der Waals surface area contributed by atoms with Crippen LogP contribution < -0.4 is 16.0 Å². The Balaban J connectivity index is 1.31. The van der Waals surface area contributed by atoms with Crippen LogP contribution in [0.25, 0.3) is 11.3 Å². The molecule has 0 spiro atoms. The molecule has 0 radical (unpaired) electrons. The lowest BCUT2D eigenvalue weighted by atomic mass is 9.76. The molecule has 2 fully saturated rings. The zero-order valence-electron chi connectivity index (χ0n) is 23.7. The molecular weight excluding hydrogens is 581 g/mol. The number of aliphatic imine (C=N–C) groups is 1. The third-order valence-corrected chi connectivity index (χ3v) is 8.39. The van der Waals surface area contributed by atoms with E-state index >= 15 is 0 Å². The summed E-state index contributed by atoms with van der Waals surface area (Å²) in [5.74, 6) is -1.02. The smallest absolute Gasteiger partial charge is 0.276 e. The number of amides is 2. The van der Waals surface area contributed by atoms with E-state index in [-0.39, 0.29) is 45.7 Å². The third-order valence-electron chi connectivity index (χ3n) is 8.10. The van der Waals surface area contributed by atoms with Crippen molar-refractivity contribution in [2.24, 2.45) is 22.6 Å². The summed E-state index contributed by atoms with van der Waals surface area (Å²) < 4.78 is 42.1. The van der Waals surface area contributed by atoms with E-state index in [2.05, 4.69) is 20.3 Å². The van der Waals surface area contributed by atoms with Crippen LogP contribution in [0.5, 0.6) is 0 Å². The summed E-state index contributed by atoms with van der Waals surface area (Å²) in [5, 5.41) is 2.22. The van der Waals surface area contributed by atoms with Gasteiger partial charge in [-0.05, 0) is 68.9 Å². The molecule has 1 saturated carbocycles. The maximum absolute atomic E-state index is 14.8. The molecule has 0 bridgehead atoms. The van der Waals surface area contributed by atoms with Gasteiger partial charge in [-0.3, -0.25) is 19.6 Å². The summed E-state index contributed by atoms with van der Waals surface area (Å²) in [5.41, 5.74) is 7.22. The van der Waals surface area contributed by atoms with E-state index in [1.807, 2.05) is 36.9 Å². The molecular formula is C31H30ClF3N6O2. The van der Waals surface area contributed by atoms with Gasteiger partial charge < -0.3 is 16.0 Å². The molecule has 3 atom stereocenters. The van der Waals surface area contributed by atoms with Crippen LogP contribution >= 0.6 is 11.6 Å². The highest BCUT2D eigenvalue weighted by atomic mass is 35.5. The van der Waals surface area contributed by atoms with Gasteiger partial charge in [0.15, 0.2) is 5.82 Å². The van der Waals surface area contributed by atoms with E-state index in [0.29, 0.717) is 5.92 Å². The van der Waals surface area contributed by atoms with Gasteiger partial charge in [0, 0.05) is 41.7 Å². The molecule has 1 aliphatic heterocycles. The number of benzene rings is 2. The second kappa shape index (κ2) is 12.2. The zero-order valence-corrected chi connectivity index (χ0v) is 24.5. The molecule has 43 heavy (non-hydrogen) atoms. The maximum Gasteiger partial charge on any atom is 0.276 e. The topological polar surface area (TPSA) is 114 Å². The Kier molecular flexibility index (Phi) is 8.55. The van der Waals surface area contributed by atoms with Crippen molar-refractivity contribution in [3.8, 4) is 11.3 Å². The highest BCUT2D eigenvalue weighted by Gasteiger charge is 2.46. The minimum Gasteiger partial charge on any atom is -0.403 e. The van der Waals surface area contributed by atoms with Crippen molar-refractivity contribution in [2.45, 2.75) is 46.1 Å². The van der Waals surface area contributed by atoms with Crippen molar-refractivity contribution in [1.82, 2.24) is 15.3 Å². The number of anilines is 1. The standard InChI is InChI=1S/C31H30ClF3N6O2/c1-15-10-20(41-14-18-4-6-22(18)31(41)43)5-7-21(15)16(2)37-12-19(11-36)39-30(42)28-17(3)38-13-25(40-28)26-23(29(34)35)8-9-24(32)27(26)33/h5,7-13,16,18,22,29H,4,6,14,36H2,1-3H3,(H,39,42)/t16?,18-,22-/m1/s1. The normalized spacial score (nSPS) is 19.1. The van der Waals surface area contributed by atoms with Gasteiger partial charge in [0.2, 0.25) is 5.91 Å². The SMILES string of the molecule is Cc1cc(N2C[C@H]3CC[C@H]3C2=O)ccc1C(C)N=CC(=CN)NC(=O)c1nc(-c2c(C(F)F)ccc(Cl)c2F)cnc1C. The highest BCUT2D eigenvalue weighted by molar-refractivity contribution is 6.31. The molecule has 1 saturated heterocycles. The summed E-state index contributed by atoms with van der Waals surface area (Å²) in [4.78, 5) is 40.4. The first-order chi connectivity index (χ1) is 20.5. The predicted molar refractivity (Wildman–Crippen MR) is 159 cm³/mol. The molecule has 1 unspecified atom stereocenters. The fourth-order valence-corrected chi connectivity index (χ4v) is 5.70. The van der Waals surface area contributed by atoms with Gasteiger partial charge in [-0.1, -0.05) is 23.7 Å². The van der Waals surface area contributed by atoms with Gasteiger partial charge >= 0.3 is 0 Å². The molecule has 2 aliphatic rings. The van der Waals surface area contributed by atoms with Crippen molar-refractivity contribution in [3.05, 3.63) is 87.3 Å². The number of alkyl halides is 2. The number of aromatic nitrogens is 2. The van der Waals surface area contributed by atoms with E-state index < -0.39 is 29.3 Å². The van der Waals surface area contributed by atoms with Crippen LogP contribution in [0.2, 0.25) is 5.02 Å². The van der Waals surface area contributed by atoms with Crippen molar-refractivity contribution in [3.63, 3.8) is 0 Å². The Hall–Kier alpha value is -4.25. The molecule has 224 valence electrons. The number of hydrogen-bond acceptors (Lipinski definition) is 6. The maximum atomic E-state index is 14.8. The van der Waals surface area contributed by atoms with Gasteiger partial charge in [-0.2, -0.15) is 0 Å². The monoisotopic (exact) mass is 610 g/mol. The van der Waals surface area contributed by atoms with Crippen LogP contribution in [-0.2, 0) is 4.79 Å². The summed E-state index contributed by atoms with van der Waals surface area (Å²) in [6.45, 7) is 6.10. The van der Waals surface area contributed by atoms with Crippen LogP contribution in [0.1, 0.15) is 65.1 Å². The predicted octanol–water partition coefficient (Wildman–Crippen LogP) is 6.23. The number of aryl methyl sites for hydroxylation is 2. The van der Waals surface area contributed by atoms with Crippen LogP contribution in [0.15, 0.2) is 53.4 Å². The van der Waals surface area contributed by atoms with Crippen LogP contribution in [0.3, 0.4) is 0 Å². The second-order valence-electron chi connectivity index (χ2n) is 10.8. The summed E-state index contributed by atoms with van der Waals surface area (Å²) in [6, 6.07) is 7.58. The lowest BCUT2D eigenvalue weighted by Gasteiger charge is -2.25. The van der Waals surface area contributed by atoms with E-state index in [1.165, 1.54) is 13.1 Å². The number of nitrogens with two attached hydrogens (primary N) is 1. The largest absolute Gasteiger partial charge is 0.403 e. The number of rotatable bonds is 8. The Bertz CT molecular complexity index is 1660. The average molecular weight is 611 g/mol. The molecule has 1 aromatic heterocycles. The Morgan fingerprint density at radius 2 is 1.95 bits per heavy atom. The number of carbonyl (C=O) groups is 2. The first-order valence-corrected chi connectivity index (χ1v) is 14.2. The van der Waals surface area contributed by atoms with E-state index in [1.54, 1.807) is 0 Å². The Labute approximate surface area is 251 Å². The van der Waals surface area contributed by atoms with Crippen molar-refractivity contribution < 1.29 is 22.8 Å². The number of allylic oxidation sites excluding steroid dienone is 1. The third kappa shape index (κ3) is 5.86. The Morgan fingerprint density at radius 3 is 2.56 bits per heavy atom. The molecule has 2 amide bonds. The van der Waals surface area contributed by atoms with Gasteiger partial charge in [-0.25, -0.2) is 18.2 Å². The molecule has 1 aliphatic carbocycles. The van der Waals surface area contributed by atoms with Gasteiger partial charge in [0.05, 0.1) is 34.3 Å². The molecule has 3 N–H and O–H groups in total. The van der Waals surface area contributed by atoms with Gasteiger partial charge in [0.1, 0.15) is 5.69 Å². The van der Waals surface area contributed by atoms with E-state index in [4.69, 9.17) is 17.3 Å². The number of fused-ring (bicyclic) bond motifs is 1. The number of carbonyl (C=O) groups excluding carboxylic acids is 2. The Morgan fingerprint density at radius 1 is 1.21 bits per heavy atom. The number of nitrogens with one attached hydrogen (secondary N) is 1. The first-order valence-electron chi connectivity index (χ1n) is 13.8. The van der Waals surface area contributed by atoms with Crippen molar-refractivity contribution in [1.29, 1.82) is 0 Å². The average Bonchev–Trinajstić information content (AvgIpc) is 3.18. The van der Waals surface area contributed by atoms with Gasteiger partial charge in [0.25, 0.3) is 12.3 Å². The zero-order chi connectivity index (χ0) is 31.0. The lowest BCUT2D eigenvalue weighted by molar-refractivity contribution is -0.123. The fraction of sp³-hybridized carbons (Fsp3) is 0.323.